The minimum Gasteiger partial charge on any atom is -0.455 e. The number of carbonyl (C=O) groups is 1. The topological polar surface area (TPSA) is 47.6 Å². The van der Waals surface area contributed by atoms with Gasteiger partial charge in [0.1, 0.15) is 5.75 Å². The lowest BCUT2D eigenvalue weighted by atomic mass is 10.1. The minimum atomic E-state index is -1.11. The van der Waals surface area contributed by atoms with E-state index in [4.69, 9.17) is 32.7 Å². The molecule has 0 radical (unpaired) electrons. The highest BCUT2D eigenvalue weighted by molar-refractivity contribution is 6.34. The largest absolute Gasteiger partial charge is 0.455 e. The van der Waals surface area contributed by atoms with Crippen LogP contribution in [0.5, 0.6) is 5.75 Å². The number of nitrogens with one attached hydrogen (secondary N) is 1. The van der Waals surface area contributed by atoms with Gasteiger partial charge >= 0.3 is 0 Å². The molecule has 0 aromatic heterocycles. The molecule has 0 aliphatic heterocycles. The van der Waals surface area contributed by atoms with E-state index in [-0.39, 0.29) is 0 Å². The van der Waals surface area contributed by atoms with Crippen LogP contribution in [0.25, 0.3) is 0 Å². The fraction of sp³-hybridized carbons (Fsp3) is 0.438. The van der Waals surface area contributed by atoms with Gasteiger partial charge in [0.25, 0.3) is 12.2 Å². The molecule has 1 N–H and O–H groups in total. The Bertz CT molecular complexity index is 571. The number of rotatable bonds is 6. The lowest BCUT2D eigenvalue weighted by Crippen LogP contribution is -2.49. The average molecular weight is 344 g/mol. The SMILES string of the molecule is CC#CC(C)(C)NC(=O)C(OCC)Oc1cc(Cl)cc(Cl)c1. The second kappa shape index (κ2) is 8.28. The first-order chi connectivity index (χ1) is 10.3. The van der Waals surface area contributed by atoms with Crippen LogP contribution in [0.3, 0.4) is 0 Å². The number of benzene rings is 1. The van der Waals surface area contributed by atoms with E-state index < -0.39 is 17.7 Å². The van der Waals surface area contributed by atoms with Gasteiger partial charge in [0.05, 0.1) is 5.54 Å². The molecule has 1 aromatic carbocycles. The molecule has 1 aromatic rings. The van der Waals surface area contributed by atoms with Crippen molar-refractivity contribution < 1.29 is 14.3 Å². The summed E-state index contributed by atoms with van der Waals surface area (Å²) in [6.07, 6.45) is -1.11. The molecule has 0 spiro atoms. The van der Waals surface area contributed by atoms with E-state index in [0.717, 1.165) is 0 Å². The molecule has 22 heavy (non-hydrogen) atoms. The molecule has 0 aliphatic carbocycles. The molecule has 1 unspecified atom stereocenters. The quantitative estimate of drug-likeness (QED) is 0.633. The van der Waals surface area contributed by atoms with Gasteiger partial charge in [-0.2, -0.15) is 0 Å². The Hall–Kier alpha value is -1.41. The van der Waals surface area contributed by atoms with Gasteiger partial charge in [-0.15, -0.1) is 5.92 Å². The number of amides is 1. The van der Waals surface area contributed by atoms with Crippen LogP contribution in [0.1, 0.15) is 27.7 Å². The van der Waals surface area contributed by atoms with Crippen LogP contribution in [0.15, 0.2) is 18.2 Å². The van der Waals surface area contributed by atoms with Crippen LogP contribution >= 0.6 is 23.2 Å². The summed E-state index contributed by atoms with van der Waals surface area (Å²) < 4.78 is 10.9. The van der Waals surface area contributed by atoms with Crippen molar-refractivity contribution in [2.24, 2.45) is 0 Å². The second-order valence-corrected chi connectivity index (χ2v) is 5.87. The van der Waals surface area contributed by atoms with Crippen LogP contribution in [0, 0.1) is 11.8 Å². The molecule has 0 aliphatic rings. The van der Waals surface area contributed by atoms with Crippen molar-refractivity contribution in [2.45, 2.75) is 39.5 Å². The van der Waals surface area contributed by atoms with Crippen molar-refractivity contribution in [1.82, 2.24) is 5.32 Å². The molecule has 0 heterocycles. The zero-order chi connectivity index (χ0) is 16.8. The molecule has 1 atom stereocenters. The Kier molecular flexibility index (Phi) is 7.02. The third-order valence-electron chi connectivity index (χ3n) is 2.48. The van der Waals surface area contributed by atoms with E-state index in [1.165, 1.54) is 0 Å². The first kappa shape index (κ1) is 18.6. The summed E-state index contributed by atoms with van der Waals surface area (Å²) in [6.45, 7) is 7.37. The maximum absolute atomic E-state index is 12.3. The molecule has 0 saturated carbocycles. The molecule has 4 nitrogen and oxygen atoms in total. The molecule has 0 saturated heterocycles. The maximum Gasteiger partial charge on any atom is 0.290 e. The highest BCUT2D eigenvalue weighted by atomic mass is 35.5. The predicted molar refractivity (Wildman–Crippen MR) is 88.2 cm³/mol. The van der Waals surface area contributed by atoms with Crippen molar-refractivity contribution in [3.8, 4) is 17.6 Å². The monoisotopic (exact) mass is 343 g/mol. The summed E-state index contributed by atoms with van der Waals surface area (Å²) in [6, 6.07) is 4.69. The van der Waals surface area contributed by atoms with E-state index in [0.29, 0.717) is 22.4 Å². The number of hydrogen-bond donors (Lipinski definition) is 1. The highest BCUT2D eigenvalue weighted by Gasteiger charge is 2.26. The van der Waals surface area contributed by atoms with E-state index >= 15 is 0 Å². The van der Waals surface area contributed by atoms with Gasteiger partial charge in [-0.25, -0.2) is 0 Å². The Labute approximate surface area is 141 Å². The minimum absolute atomic E-state index is 0.312. The zero-order valence-corrected chi connectivity index (χ0v) is 14.5. The Morgan fingerprint density at radius 1 is 1.32 bits per heavy atom. The van der Waals surface area contributed by atoms with Gasteiger partial charge in [0.15, 0.2) is 0 Å². The zero-order valence-electron chi connectivity index (χ0n) is 13.0. The maximum atomic E-state index is 12.3. The van der Waals surface area contributed by atoms with Crippen molar-refractivity contribution in [3.05, 3.63) is 28.2 Å². The molecule has 1 rings (SSSR count). The molecule has 0 fully saturated rings. The van der Waals surface area contributed by atoms with Gasteiger partial charge in [-0.3, -0.25) is 4.79 Å². The van der Waals surface area contributed by atoms with E-state index in [9.17, 15) is 4.79 Å². The van der Waals surface area contributed by atoms with Crippen LogP contribution in [-0.2, 0) is 9.53 Å². The standard InChI is InChI=1S/C16H19Cl2NO3/c1-5-7-16(3,4)19-14(20)15(21-6-2)22-13-9-11(17)8-12(18)10-13/h8-10,15H,6H2,1-4H3,(H,19,20). The summed E-state index contributed by atoms with van der Waals surface area (Å²) in [4.78, 5) is 12.3. The van der Waals surface area contributed by atoms with Gasteiger partial charge in [-0.1, -0.05) is 29.1 Å². The first-order valence-corrected chi connectivity index (χ1v) is 7.53. The lowest BCUT2D eigenvalue weighted by Gasteiger charge is -2.24. The van der Waals surface area contributed by atoms with Crippen LogP contribution in [0.2, 0.25) is 10.0 Å². The third-order valence-corrected chi connectivity index (χ3v) is 2.92. The van der Waals surface area contributed by atoms with Gasteiger partial charge in [0.2, 0.25) is 0 Å². The summed E-state index contributed by atoms with van der Waals surface area (Å²) >= 11 is 11.8. The molecular formula is C16H19Cl2NO3. The molecular weight excluding hydrogens is 325 g/mol. The molecule has 1 amide bonds. The predicted octanol–water partition coefficient (Wildman–Crippen LogP) is 3.65. The molecule has 0 bridgehead atoms. The van der Waals surface area contributed by atoms with Crippen LogP contribution in [-0.4, -0.2) is 24.3 Å². The Morgan fingerprint density at radius 2 is 1.91 bits per heavy atom. The summed E-state index contributed by atoms with van der Waals surface area (Å²) in [5.41, 5.74) is -0.684. The Morgan fingerprint density at radius 3 is 2.41 bits per heavy atom. The summed E-state index contributed by atoms with van der Waals surface area (Å²) in [5, 5.41) is 3.59. The van der Waals surface area contributed by atoms with Gasteiger partial charge in [0, 0.05) is 16.7 Å². The van der Waals surface area contributed by atoms with E-state index in [1.54, 1.807) is 45.9 Å². The van der Waals surface area contributed by atoms with Gasteiger partial charge in [-0.05, 0) is 45.9 Å². The van der Waals surface area contributed by atoms with Crippen LogP contribution in [0.4, 0.5) is 0 Å². The van der Waals surface area contributed by atoms with Crippen molar-refractivity contribution in [3.63, 3.8) is 0 Å². The highest BCUT2D eigenvalue weighted by Crippen LogP contribution is 2.25. The average Bonchev–Trinajstić information content (AvgIpc) is 2.36. The number of ether oxygens (including phenoxy) is 2. The van der Waals surface area contributed by atoms with Gasteiger partial charge < -0.3 is 14.8 Å². The van der Waals surface area contributed by atoms with E-state index in [2.05, 4.69) is 17.2 Å². The molecule has 120 valence electrons. The summed E-state index contributed by atoms with van der Waals surface area (Å²) in [5.74, 6) is 5.59. The Balaban J connectivity index is 2.88. The second-order valence-electron chi connectivity index (χ2n) is 5.00. The fourth-order valence-electron chi connectivity index (χ4n) is 1.75. The number of hydrogen-bond acceptors (Lipinski definition) is 3. The lowest BCUT2D eigenvalue weighted by molar-refractivity contribution is -0.153. The van der Waals surface area contributed by atoms with E-state index in [1.807, 2.05) is 0 Å². The first-order valence-electron chi connectivity index (χ1n) is 6.77. The fourth-order valence-corrected chi connectivity index (χ4v) is 2.25. The van der Waals surface area contributed by atoms with Crippen LogP contribution < -0.4 is 10.1 Å². The number of halogens is 2. The summed E-state index contributed by atoms with van der Waals surface area (Å²) in [7, 11) is 0. The van der Waals surface area contributed by atoms with Crippen molar-refractivity contribution in [2.75, 3.05) is 6.61 Å². The smallest absolute Gasteiger partial charge is 0.290 e. The van der Waals surface area contributed by atoms with Crippen molar-refractivity contribution >= 4 is 29.1 Å². The number of carbonyl (C=O) groups excluding carboxylic acids is 1. The molecule has 6 heteroatoms. The van der Waals surface area contributed by atoms with Crippen molar-refractivity contribution in [1.29, 1.82) is 0 Å². The third kappa shape index (κ3) is 6.15. The normalized spacial score (nSPS) is 12.1.